The number of hydrogen-bond donors (Lipinski definition) is 1. The predicted molar refractivity (Wildman–Crippen MR) is 114 cm³/mol. The Hall–Kier alpha value is -3.29. The molecule has 0 atom stereocenters. The highest BCUT2D eigenvalue weighted by molar-refractivity contribution is 7.89. The molecule has 0 fully saturated rings. The van der Waals surface area contributed by atoms with Crippen LogP contribution >= 0.6 is 0 Å². The summed E-state index contributed by atoms with van der Waals surface area (Å²) >= 11 is 0. The second-order valence-corrected chi connectivity index (χ2v) is 8.49. The summed E-state index contributed by atoms with van der Waals surface area (Å²) in [6.45, 7) is 0. The van der Waals surface area contributed by atoms with Gasteiger partial charge in [-0.15, -0.1) is 0 Å². The van der Waals surface area contributed by atoms with E-state index in [2.05, 4.69) is 5.10 Å². The molecule has 146 valence electrons. The molecule has 0 amide bonds. The minimum Gasteiger partial charge on any atom is -0.267 e. The number of nitrogens with two attached hydrogens (primary N) is 1. The number of primary sulfonamides is 1. The maximum Gasteiger partial charge on any atom is 0.279 e. The van der Waals surface area contributed by atoms with E-state index in [9.17, 15) is 13.2 Å². The smallest absolute Gasteiger partial charge is 0.267 e. The van der Waals surface area contributed by atoms with Crippen molar-refractivity contribution < 1.29 is 8.42 Å². The molecule has 0 spiro atoms. The van der Waals surface area contributed by atoms with Gasteiger partial charge < -0.3 is 0 Å². The van der Waals surface area contributed by atoms with Gasteiger partial charge >= 0.3 is 0 Å². The first kappa shape index (κ1) is 19.0. The maximum atomic E-state index is 13.0. The number of fused-ring (bicyclic) bond motifs is 1. The molecule has 29 heavy (non-hydrogen) atoms. The Bertz CT molecular complexity index is 1330. The molecule has 7 heteroatoms. The van der Waals surface area contributed by atoms with E-state index in [1.165, 1.54) is 4.68 Å². The third kappa shape index (κ3) is 4.11. The van der Waals surface area contributed by atoms with Crippen LogP contribution in [-0.2, 0) is 16.4 Å². The highest BCUT2D eigenvalue weighted by Gasteiger charge is 2.13. The lowest BCUT2D eigenvalue weighted by Crippen LogP contribution is -2.22. The summed E-state index contributed by atoms with van der Waals surface area (Å²) < 4.78 is 23.8. The minimum absolute atomic E-state index is 0.105. The van der Waals surface area contributed by atoms with Gasteiger partial charge in [-0.3, -0.25) is 4.79 Å². The Labute approximate surface area is 168 Å². The van der Waals surface area contributed by atoms with Gasteiger partial charge in [-0.2, -0.15) is 9.78 Å². The molecule has 0 radical (unpaired) electrons. The van der Waals surface area contributed by atoms with Gasteiger partial charge in [-0.05, 0) is 30.2 Å². The first-order valence-electron chi connectivity index (χ1n) is 9.10. The fourth-order valence-corrected chi connectivity index (χ4v) is 3.76. The average Bonchev–Trinajstić information content (AvgIpc) is 2.73. The molecular formula is C22H19N3O3S. The second-order valence-electron chi connectivity index (χ2n) is 6.76. The summed E-state index contributed by atoms with van der Waals surface area (Å²) in [5.74, 6) is -0.105. The largest absolute Gasteiger partial charge is 0.279 e. The van der Waals surface area contributed by atoms with Crippen molar-refractivity contribution in [3.05, 3.63) is 94.8 Å². The van der Waals surface area contributed by atoms with Gasteiger partial charge in [0, 0.05) is 10.9 Å². The van der Waals surface area contributed by atoms with Crippen molar-refractivity contribution in [3.63, 3.8) is 0 Å². The molecule has 0 aliphatic carbocycles. The van der Waals surface area contributed by atoms with Gasteiger partial charge in [0.2, 0.25) is 10.0 Å². The van der Waals surface area contributed by atoms with Crippen LogP contribution in [0.1, 0.15) is 5.56 Å². The highest BCUT2D eigenvalue weighted by Crippen LogP contribution is 2.25. The van der Waals surface area contributed by atoms with Crippen molar-refractivity contribution in [1.29, 1.82) is 0 Å². The number of aromatic nitrogens is 2. The lowest BCUT2D eigenvalue weighted by Gasteiger charge is -2.12. The van der Waals surface area contributed by atoms with Crippen LogP contribution < -0.4 is 10.7 Å². The third-order valence-electron chi connectivity index (χ3n) is 4.71. The molecule has 4 aromatic rings. The van der Waals surface area contributed by atoms with Crippen LogP contribution in [-0.4, -0.2) is 24.0 Å². The van der Waals surface area contributed by atoms with Crippen molar-refractivity contribution in [1.82, 2.24) is 9.78 Å². The number of nitrogens with zero attached hydrogens (tertiary/aromatic N) is 2. The molecule has 3 aromatic carbocycles. The van der Waals surface area contributed by atoms with Crippen LogP contribution in [0.2, 0.25) is 0 Å². The number of sulfonamides is 1. The van der Waals surface area contributed by atoms with Gasteiger partial charge in [0.15, 0.2) is 0 Å². The zero-order valence-corrected chi connectivity index (χ0v) is 16.3. The summed E-state index contributed by atoms with van der Waals surface area (Å²) in [5, 5.41) is 11.1. The Morgan fingerprint density at radius 3 is 2.10 bits per heavy atom. The van der Waals surface area contributed by atoms with E-state index in [1.54, 1.807) is 6.07 Å². The Morgan fingerprint density at radius 2 is 1.45 bits per heavy atom. The minimum atomic E-state index is -3.50. The van der Waals surface area contributed by atoms with Gasteiger partial charge in [0.1, 0.15) is 0 Å². The zero-order chi connectivity index (χ0) is 20.4. The predicted octanol–water partition coefficient (Wildman–Crippen LogP) is 2.88. The van der Waals surface area contributed by atoms with Crippen LogP contribution in [0.3, 0.4) is 0 Å². The molecule has 1 heterocycles. The van der Waals surface area contributed by atoms with Crippen LogP contribution in [0.15, 0.2) is 83.7 Å². The molecule has 4 rings (SSSR count). The monoisotopic (exact) mass is 405 g/mol. The van der Waals surface area contributed by atoms with Crippen molar-refractivity contribution in [3.8, 4) is 16.9 Å². The standard InChI is InChI=1S/C22H19N3O3S/c23-29(27,28)15-14-16-10-12-17(13-11-16)21-19-8-4-5-9-20(19)22(26)25(24-21)18-6-2-1-3-7-18/h1-13H,14-15H2,(H2,23,27,28). The molecule has 1 aromatic heterocycles. The van der Waals surface area contributed by atoms with Gasteiger partial charge in [0.05, 0.1) is 22.5 Å². The maximum absolute atomic E-state index is 13.0. The van der Waals surface area contributed by atoms with E-state index in [0.717, 1.165) is 16.5 Å². The highest BCUT2D eigenvalue weighted by atomic mass is 32.2. The molecular weight excluding hydrogens is 386 g/mol. The van der Waals surface area contributed by atoms with E-state index in [1.807, 2.05) is 72.8 Å². The SMILES string of the molecule is NS(=O)(=O)CCc1ccc(-c2nn(-c3ccccc3)c(=O)c3ccccc23)cc1. The summed E-state index contributed by atoms with van der Waals surface area (Å²) in [5.41, 5.74) is 2.89. The van der Waals surface area contributed by atoms with Crippen LogP contribution in [0, 0.1) is 0 Å². The number of benzene rings is 3. The normalized spacial score (nSPS) is 11.6. The molecule has 0 aliphatic rings. The Morgan fingerprint density at radius 1 is 0.828 bits per heavy atom. The van der Waals surface area contributed by atoms with Crippen molar-refractivity contribution >= 4 is 20.8 Å². The summed E-state index contributed by atoms with van der Waals surface area (Å²) in [6, 6.07) is 24.1. The molecule has 0 unspecified atom stereocenters. The van der Waals surface area contributed by atoms with E-state index < -0.39 is 10.0 Å². The molecule has 0 aliphatic heterocycles. The zero-order valence-electron chi connectivity index (χ0n) is 15.5. The fourth-order valence-electron chi connectivity index (χ4n) is 3.24. The topological polar surface area (TPSA) is 95.1 Å². The number of para-hydroxylation sites is 1. The van der Waals surface area contributed by atoms with Gasteiger partial charge in [-0.25, -0.2) is 13.6 Å². The van der Waals surface area contributed by atoms with Crippen LogP contribution in [0.5, 0.6) is 0 Å². The number of aryl methyl sites for hydroxylation is 1. The van der Waals surface area contributed by atoms with E-state index in [0.29, 0.717) is 23.2 Å². The third-order valence-corrected chi connectivity index (χ3v) is 5.48. The van der Waals surface area contributed by atoms with E-state index in [-0.39, 0.29) is 11.3 Å². The molecule has 6 nitrogen and oxygen atoms in total. The molecule has 2 N–H and O–H groups in total. The van der Waals surface area contributed by atoms with Crippen molar-refractivity contribution in [2.75, 3.05) is 5.75 Å². The lowest BCUT2D eigenvalue weighted by molar-refractivity contribution is 0.597. The average molecular weight is 405 g/mol. The summed E-state index contributed by atoms with van der Waals surface area (Å²) in [4.78, 5) is 13.0. The van der Waals surface area contributed by atoms with Gasteiger partial charge in [-0.1, -0.05) is 60.7 Å². The molecule has 0 bridgehead atoms. The fraction of sp³-hybridized carbons (Fsp3) is 0.0909. The lowest BCUT2D eigenvalue weighted by atomic mass is 10.0. The first-order chi connectivity index (χ1) is 13.9. The van der Waals surface area contributed by atoms with E-state index >= 15 is 0 Å². The second kappa shape index (κ2) is 7.62. The molecule has 0 saturated heterocycles. The number of hydrogen-bond acceptors (Lipinski definition) is 4. The number of rotatable bonds is 5. The summed E-state index contributed by atoms with van der Waals surface area (Å²) in [6.07, 6.45) is 0.344. The first-order valence-corrected chi connectivity index (χ1v) is 10.8. The van der Waals surface area contributed by atoms with Gasteiger partial charge in [0.25, 0.3) is 5.56 Å². The van der Waals surface area contributed by atoms with Crippen molar-refractivity contribution in [2.45, 2.75) is 6.42 Å². The quantitative estimate of drug-likeness (QED) is 0.552. The van der Waals surface area contributed by atoms with Crippen LogP contribution in [0.25, 0.3) is 27.7 Å². The van der Waals surface area contributed by atoms with E-state index in [4.69, 9.17) is 5.14 Å². The van der Waals surface area contributed by atoms with Crippen LogP contribution in [0.4, 0.5) is 0 Å². The summed E-state index contributed by atoms with van der Waals surface area (Å²) in [7, 11) is -3.50. The Kier molecular flexibility index (Phi) is 5.00. The molecule has 0 saturated carbocycles. The van der Waals surface area contributed by atoms with Crippen molar-refractivity contribution in [2.24, 2.45) is 5.14 Å². The Balaban J connectivity index is 1.83.